The molecule has 2 heterocycles. The molecule has 142 valence electrons. The summed E-state index contributed by atoms with van der Waals surface area (Å²) >= 11 is 0. The van der Waals surface area contributed by atoms with Crippen molar-refractivity contribution >= 4 is 11.6 Å². The first-order chi connectivity index (χ1) is 14.3. The first-order valence-corrected chi connectivity index (χ1v) is 9.22. The minimum atomic E-state index is -0.258. The highest BCUT2D eigenvalue weighted by atomic mass is 16.5. The highest BCUT2D eigenvalue weighted by Crippen LogP contribution is 2.28. The Morgan fingerprint density at radius 2 is 1.62 bits per heavy atom. The second kappa shape index (κ2) is 8.80. The fourth-order valence-corrected chi connectivity index (χ4v) is 2.92. The summed E-state index contributed by atoms with van der Waals surface area (Å²) in [4.78, 5) is 21.2. The zero-order valence-electron chi connectivity index (χ0n) is 15.7. The van der Waals surface area contributed by atoms with Gasteiger partial charge in [0.15, 0.2) is 0 Å². The van der Waals surface area contributed by atoms with E-state index in [0.29, 0.717) is 23.6 Å². The molecule has 0 spiro atoms. The molecule has 0 bridgehead atoms. The third-order valence-electron chi connectivity index (χ3n) is 4.38. The molecule has 4 aromatic rings. The quantitative estimate of drug-likeness (QED) is 0.512. The van der Waals surface area contributed by atoms with Crippen molar-refractivity contribution in [2.45, 2.75) is 6.61 Å². The highest BCUT2D eigenvalue weighted by Gasteiger charge is 2.15. The van der Waals surface area contributed by atoms with Crippen molar-refractivity contribution in [2.24, 2.45) is 0 Å². The van der Waals surface area contributed by atoms with Crippen LogP contribution in [0.4, 0.5) is 5.69 Å². The summed E-state index contributed by atoms with van der Waals surface area (Å²) in [5, 5.41) is 2.88. The summed E-state index contributed by atoms with van der Waals surface area (Å²) in [7, 11) is 0. The molecule has 2 aromatic carbocycles. The molecule has 5 nitrogen and oxygen atoms in total. The van der Waals surface area contributed by atoms with Crippen molar-refractivity contribution in [1.82, 2.24) is 9.97 Å². The second-order valence-electron chi connectivity index (χ2n) is 6.42. The maximum absolute atomic E-state index is 13.0. The van der Waals surface area contributed by atoms with Gasteiger partial charge in [-0.15, -0.1) is 0 Å². The molecule has 0 fully saturated rings. The Kier molecular flexibility index (Phi) is 5.58. The lowest BCUT2D eigenvalue weighted by atomic mass is 10.0. The Labute approximate surface area is 169 Å². The summed E-state index contributed by atoms with van der Waals surface area (Å²) in [6, 6.07) is 22.8. The van der Waals surface area contributed by atoms with Crippen LogP contribution in [0.3, 0.4) is 0 Å². The summed E-state index contributed by atoms with van der Waals surface area (Å²) in [5.74, 6) is 0.259. The van der Waals surface area contributed by atoms with Crippen molar-refractivity contribution in [3.8, 4) is 16.9 Å². The summed E-state index contributed by atoms with van der Waals surface area (Å²) < 4.78 is 5.98. The number of amides is 1. The normalized spacial score (nSPS) is 10.3. The number of nitrogens with one attached hydrogen (secondary N) is 1. The van der Waals surface area contributed by atoms with E-state index in [4.69, 9.17) is 4.74 Å². The lowest BCUT2D eigenvalue weighted by molar-refractivity contribution is 0.102. The second-order valence-corrected chi connectivity index (χ2v) is 6.42. The topological polar surface area (TPSA) is 64.1 Å². The van der Waals surface area contributed by atoms with Crippen molar-refractivity contribution in [3.05, 3.63) is 109 Å². The molecule has 0 radical (unpaired) electrons. The molecule has 0 atom stereocenters. The maximum atomic E-state index is 13.0. The van der Waals surface area contributed by atoms with Crippen LogP contribution in [0.15, 0.2) is 97.6 Å². The van der Waals surface area contributed by atoms with E-state index < -0.39 is 0 Å². The smallest absolute Gasteiger partial charge is 0.259 e. The van der Waals surface area contributed by atoms with Gasteiger partial charge in [-0.05, 0) is 41.5 Å². The number of carbonyl (C=O) groups is 1. The van der Waals surface area contributed by atoms with Gasteiger partial charge in [-0.1, -0.05) is 42.5 Å². The predicted octanol–water partition coefficient (Wildman–Crippen LogP) is 4.97. The van der Waals surface area contributed by atoms with Crippen molar-refractivity contribution in [1.29, 1.82) is 0 Å². The zero-order chi connectivity index (χ0) is 19.9. The van der Waals surface area contributed by atoms with Crippen molar-refractivity contribution in [2.75, 3.05) is 5.32 Å². The fourth-order valence-electron chi connectivity index (χ4n) is 2.92. The van der Waals surface area contributed by atoms with Gasteiger partial charge in [0.05, 0.1) is 17.4 Å². The maximum Gasteiger partial charge on any atom is 0.259 e. The van der Waals surface area contributed by atoms with Gasteiger partial charge in [-0.2, -0.15) is 0 Å². The number of nitrogens with zero attached hydrogens (tertiary/aromatic N) is 2. The molecule has 29 heavy (non-hydrogen) atoms. The van der Waals surface area contributed by atoms with Gasteiger partial charge in [0.2, 0.25) is 0 Å². The third kappa shape index (κ3) is 4.65. The minimum absolute atomic E-state index is 0.258. The van der Waals surface area contributed by atoms with Crippen LogP contribution in [0.25, 0.3) is 11.1 Å². The molecule has 4 rings (SSSR count). The number of hydrogen-bond acceptors (Lipinski definition) is 4. The average Bonchev–Trinajstić information content (AvgIpc) is 2.79. The molecule has 1 N–H and O–H groups in total. The van der Waals surface area contributed by atoms with Crippen molar-refractivity contribution in [3.63, 3.8) is 0 Å². The molecule has 0 saturated carbocycles. The summed E-state index contributed by atoms with van der Waals surface area (Å²) in [6.07, 6.45) is 6.75. The number of carbonyl (C=O) groups excluding carboxylic acids is 1. The Bertz CT molecular complexity index is 1080. The predicted molar refractivity (Wildman–Crippen MR) is 113 cm³/mol. The van der Waals surface area contributed by atoms with Crippen LogP contribution in [0.1, 0.15) is 15.9 Å². The molecule has 5 heteroatoms. The number of aromatic nitrogens is 2. The van der Waals surface area contributed by atoms with Crippen molar-refractivity contribution < 1.29 is 9.53 Å². The molecule has 0 aliphatic heterocycles. The first-order valence-electron chi connectivity index (χ1n) is 9.22. The molecular weight excluding hydrogens is 362 g/mol. The lowest BCUT2D eigenvalue weighted by Gasteiger charge is -2.14. The Morgan fingerprint density at radius 1 is 0.828 bits per heavy atom. The minimum Gasteiger partial charge on any atom is -0.488 e. The van der Waals surface area contributed by atoms with E-state index in [1.165, 1.54) is 0 Å². The molecular formula is C24H19N3O2. The SMILES string of the molecule is O=C(Nc1cccnc1)c1cc(-c2cccnc2)ccc1OCc1ccccc1. The van der Waals surface area contributed by atoms with Gasteiger partial charge < -0.3 is 10.1 Å². The van der Waals surface area contributed by atoms with Crippen LogP contribution in [-0.2, 0) is 6.61 Å². The van der Waals surface area contributed by atoms with Gasteiger partial charge in [0.1, 0.15) is 12.4 Å². The van der Waals surface area contributed by atoms with E-state index in [0.717, 1.165) is 16.7 Å². The van der Waals surface area contributed by atoms with Gasteiger partial charge in [0.25, 0.3) is 5.91 Å². The Morgan fingerprint density at radius 3 is 2.34 bits per heavy atom. The van der Waals surface area contributed by atoms with Crippen LogP contribution in [0.2, 0.25) is 0 Å². The molecule has 0 unspecified atom stereocenters. The van der Waals surface area contributed by atoms with E-state index >= 15 is 0 Å². The molecule has 1 amide bonds. The standard InChI is InChI=1S/C24H19N3O2/c28-24(27-21-9-5-13-26-16-21)22-14-19(20-8-4-12-25-15-20)10-11-23(22)29-17-18-6-2-1-3-7-18/h1-16H,17H2,(H,27,28). The lowest BCUT2D eigenvalue weighted by Crippen LogP contribution is -2.14. The number of benzene rings is 2. The number of rotatable bonds is 6. The van der Waals surface area contributed by atoms with E-state index in [-0.39, 0.29) is 5.91 Å². The molecule has 2 aromatic heterocycles. The van der Waals surface area contributed by atoms with Gasteiger partial charge in [-0.25, -0.2) is 0 Å². The van der Waals surface area contributed by atoms with Gasteiger partial charge in [-0.3, -0.25) is 14.8 Å². The number of ether oxygens (including phenoxy) is 1. The van der Waals surface area contributed by atoms with Crippen LogP contribution in [0.5, 0.6) is 5.75 Å². The number of hydrogen-bond donors (Lipinski definition) is 1. The Balaban J connectivity index is 1.64. The molecule has 0 saturated heterocycles. The van der Waals surface area contributed by atoms with E-state index in [2.05, 4.69) is 15.3 Å². The monoisotopic (exact) mass is 381 g/mol. The van der Waals surface area contributed by atoms with Crippen LogP contribution in [0, 0.1) is 0 Å². The number of pyridine rings is 2. The zero-order valence-corrected chi connectivity index (χ0v) is 15.7. The third-order valence-corrected chi connectivity index (χ3v) is 4.38. The van der Waals surface area contributed by atoms with Gasteiger partial charge in [0, 0.05) is 24.2 Å². The molecule has 0 aliphatic rings. The van der Waals surface area contributed by atoms with E-state index in [1.807, 2.05) is 60.7 Å². The Hall–Kier alpha value is -3.99. The molecule has 0 aliphatic carbocycles. The summed E-state index contributed by atoms with van der Waals surface area (Å²) in [6.45, 7) is 0.375. The fraction of sp³-hybridized carbons (Fsp3) is 0.0417. The number of anilines is 1. The van der Waals surface area contributed by atoms with E-state index in [9.17, 15) is 4.79 Å². The van der Waals surface area contributed by atoms with Crippen LogP contribution >= 0.6 is 0 Å². The average molecular weight is 381 g/mol. The largest absolute Gasteiger partial charge is 0.488 e. The van der Waals surface area contributed by atoms with Crippen LogP contribution < -0.4 is 10.1 Å². The first kappa shape index (κ1) is 18.4. The summed E-state index contributed by atoms with van der Waals surface area (Å²) in [5.41, 5.74) is 3.92. The van der Waals surface area contributed by atoms with Crippen LogP contribution in [-0.4, -0.2) is 15.9 Å². The van der Waals surface area contributed by atoms with E-state index in [1.54, 1.807) is 36.9 Å². The van der Waals surface area contributed by atoms with Gasteiger partial charge >= 0.3 is 0 Å². The highest BCUT2D eigenvalue weighted by molar-refractivity contribution is 6.06.